The first-order chi connectivity index (χ1) is 6.72. The Morgan fingerprint density at radius 3 is 3.50 bits per heavy atom. The maximum Gasteiger partial charge on any atom is 0.233 e. The molecule has 54 valence electrons. The van der Waals surface area contributed by atoms with Crippen molar-refractivity contribution in [3.8, 4) is 5.88 Å². The Morgan fingerprint density at radius 1 is 1.90 bits per heavy atom. The Kier molecular flexibility index (Phi) is 1.11. The minimum atomic E-state index is -2.88. The number of rotatable bonds is 2. The molecule has 1 aromatic rings. The zero-order valence-electron chi connectivity index (χ0n) is 9.84. The highest BCUT2D eigenvalue weighted by atomic mass is 79.9. The van der Waals surface area contributed by atoms with Crippen LogP contribution in [0.25, 0.3) is 0 Å². The number of aromatic nitrogens is 2. The molecule has 0 aromatic carbocycles. The highest BCUT2D eigenvalue weighted by Gasteiger charge is 1.93. The molecule has 0 saturated heterocycles. The van der Waals surface area contributed by atoms with E-state index in [1.165, 1.54) is 6.20 Å². The van der Waals surface area contributed by atoms with Crippen molar-refractivity contribution in [3.63, 3.8) is 0 Å². The first kappa shape index (κ1) is 3.17. The van der Waals surface area contributed by atoms with Gasteiger partial charge in [-0.15, -0.1) is 0 Å². The third-order valence-electron chi connectivity index (χ3n) is 0.739. The molecule has 0 spiro atoms. The zero-order valence-corrected chi connectivity index (χ0v) is 6.42. The van der Waals surface area contributed by atoms with Gasteiger partial charge < -0.3 is 4.74 Å². The molecule has 10 heavy (non-hydrogen) atoms. The summed E-state index contributed by atoms with van der Waals surface area (Å²) in [6, 6.07) is 0. The second-order valence-corrected chi connectivity index (χ2v) is 2.20. The molecule has 0 aliphatic carbocycles. The van der Waals surface area contributed by atoms with Crippen LogP contribution in [0.5, 0.6) is 5.88 Å². The van der Waals surface area contributed by atoms with Crippen LogP contribution in [0.15, 0.2) is 17.0 Å². The first-order valence-electron chi connectivity index (χ1n) is 4.89. The molecule has 0 saturated carbocycles. The lowest BCUT2D eigenvalue weighted by Crippen LogP contribution is -1.94. The van der Waals surface area contributed by atoms with Crippen LogP contribution in [-0.2, 0) is 0 Å². The van der Waals surface area contributed by atoms with Gasteiger partial charge in [-0.1, -0.05) is 0 Å². The van der Waals surface area contributed by atoms with Crippen molar-refractivity contribution < 1.29 is 11.6 Å². The molecule has 0 bridgehead atoms. The van der Waals surface area contributed by atoms with E-state index in [0.29, 0.717) is 4.60 Å². The van der Waals surface area contributed by atoms with Crippen LogP contribution < -0.4 is 4.74 Å². The topological polar surface area (TPSA) is 35.0 Å². The second kappa shape index (κ2) is 3.51. The average Bonchev–Trinajstić information content (AvgIpc) is 2.00. The van der Waals surface area contributed by atoms with Crippen LogP contribution >= 0.6 is 15.9 Å². The number of ether oxygens (including phenoxy) is 1. The number of hydrogen-bond acceptors (Lipinski definition) is 3. The Hall–Kier alpha value is -0.640. The fourth-order valence-corrected chi connectivity index (χ4v) is 0.720. The third-order valence-corrected chi connectivity index (χ3v) is 1.12. The molecule has 3 nitrogen and oxygen atoms in total. The summed E-state index contributed by atoms with van der Waals surface area (Å²) in [5.74, 6) is -0.189. The van der Waals surface area contributed by atoms with E-state index in [4.69, 9.17) is 6.85 Å². The smallest absolute Gasteiger partial charge is 0.233 e. The van der Waals surface area contributed by atoms with Gasteiger partial charge in [-0.25, -0.2) is 4.98 Å². The van der Waals surface area contributed by atoms with Crippen LogP contribution in [0.1, 0.15) is 13.7 Å². The maximum atomic E-state index is 7.18. The lowest BCUT2D eigenvalue weighted by atomic mass is 10.7. The monoisotopic (exact) mass is 207 g/mol. The second-order valence-electron chi connectivity index (χ2n) is 1.38. The summed E-state index contributed by atoms with van der Waals surface area (Å²) in [6.45, 7) is -5.67. The highest BCUT2D eigenvalue weighted by molar-refractivity contribution is 9.10. The van der Waals surface area contributed by atoms with E-state index in [2.05, 4.69) is 30.6 Å². The molecular formula is C6H7BrN2O. The maximum absolute atomic E-state index is 7.18. The van der Waals surface area contributed by atoms with Crippen molar-refractivity contribution in [1.29, 1.82) is 0 Å². The van der Waals surface area contributed by atoms with Crippen LogP contribution in [0.3, 0.4) is 0 Å². The Labute approximate surface area is 74.6 Å². The molecule has 0 N–H and O–H groups in total. The minimum Gasteiger partial charge on any atom is -0.477 e. The van der Waals surface area contributed by atoms with Gasteiger partial charge in [0.25, 0.3) is 0 Å². The van der Waals surface area contributed by atoms with Gasteiger partial charge >= 0.3 is 0 Å². The Bertz CT molecular complexity index is 356. The Morgan fingerprint density at radius 2 is 2.80 bits per heavy atom. The molecule has 0 radical (unpaired) electrons. The van der Waals surface area contributed by atoms with Crippen molar-refractivity contribution in [2.45, 2.75) is 6.85 Å². The van der Waals surface area contributed by atoms with Crippen molar-refractivity contribution in [2.24, 2.45) is 0 Å². The van der Waals surface area contributed by atoms with E-state index in [1.54, 1.807) is 0 Å². The summed E-state index contributed by atoms with van der Waals surface area (Å²) in [6.07, 6.45) is 2.51. The summed E-state index contributed by atoms with van der Waals surface area (Å²) in [5, 5.41) is 0. The molecule has 0 atom stereocenters. The SMILES string of the molecule is [2H]C([2H])([2H])C([2H])([2H])Oc1cncc(Br)n1. The summed E-state index contributed by atoms with van der Waals surface area (Å²) < 4.78 is 40.1. The van der Waals surface area contributed by atoms with Crippen LogP contribution in [0.2, 0.25) is 0 Å². The molecule has 1 heterocycles. The van der Waals surface area contributed by atoms with Gasteiger partial charge in [-0.3, -0.25) is 4.98 Å². The van der Waals surface area contributed by atoms with Gasteiger partial charge in [0.2, 0.25) is 5.88 Å². The van der Waals surface area contributed by atoms with Crippen LogP contribution in [0.4, 0.5) is 0 Å². The predicted molar refractivity (Wildman–Crippen MR) is 40.9 cm³/mol. The number of nitrogens with zero attached hydrogens (tertiary/aromatic N) is 2. The van der Waals surface area contributed by atoms with Gasteiger partial charge in [-0.2, -0.15) is 0 Å². The first-order valence-corrected chi connectivity index (χ1v) is 3.18. The molecule has 0 aliphatic heterocycles. The van der Waals surface area contributed by atoms with E-state index >= 15 is 0 Å². The lowest BCUT2D eigenvalue weighted by molar-refractivity contribution is 0.324. The molecule has 4 heteroatoms. The van der Waals surface area contributed by atoms with Crippen molar-refractivity contribution in [3.05, 3.63) is 17.0 Å². The van der Waals surface area contributed by atoms with E-state index in [-0.39, 0.29) is 5.88 Å². The fourth-order valence-electron chi connectivity index (χ4n) is 0.427. The zero-order chi connectivity index (χ0) is 11.7. The highest BCUT2D eigenvalue weighted by Crippen LogP contribution is 2.08. The number of hydrogen-bond donors (Lipinski definition) is 0. The summed E-state index contributed by atoms with van der Waals surface area (Å²) >= 11 is 3.00. The minimum absolute atomic E-state index is 0.189. The van der Waals surface area contributed by atoms with E-state index in [9.17, 15) is 0 Å². The van der Waals surface area contributed by atoms with Gasteiger partial charge in [0, 0.05) is 4.11 Å². The molecular weight excluding hydrogens is 196 g/mol. The lowest BCUT2D eigenvalue weighted by Gasteiger charge is -1.98. The van der Waals surface area contributed by atoms with Crippen molar-refractivity contribution >= 4 is 15.9 Å². The van der Waals surface area contributed by atoms with Gasteiger partial charge in [-0.05, 0) is 22.8 Å². The fraction of sp³-hybridized carbons (Fsp3) is 0.333. The Balaban J connectivity index is 2.87. The normalized spacial score (nSPS) is 19.5. The summed E-state index contributed by atoms with van der Waals surface area (Å²) in [4.78, 5) is 7.38. The third kappa shape index (κ3) is 1.95. The quantitative estimate of drug-likeness (QED) is 0.740. The summed E-state index contributed by atoms with van der Waals surface area (Å²) in [7, 11) is 0. The predicted octanol–water partition coefficient (Wildman–Crippen LogP) is 1.64. The van der Waals surface area contributed by atoms with Crippen LogP contribution in [0, 0.1) is 0 Å². The van der Waals surface area contributed by atoms with Crippen LogP contribution in [-0.4, -0.2) is 16.5 Å². The van der Waals surface area contributed by atoms with Crippen molar-refractivity contribution in [2.75, 3.05) is 6.56 Å². The van der Waals surface area contributed by atoms with Crippen molar-refractivity contribution in [1.82, 2.24) is 9.97 Å². The molecule has 0 amide bonds. The molecule has 0 fully saturated rings. The summed E-state index contributed by atoms with van der Waals surface area (Å²) in [5.41, 5.74) is 0. The van der Waals surface area contributed by atoms with Gasteiger partial charge in [0.1, 0.15) is 4.60 Å². The average molecular weight is 208 g/mol. The molecule has 1 aromatic heterocycles. The molecule has 0 unspecified atom stereocenters. The molecule has 1 rings (SSSR count). The number of halogens is 1. The van der Waals surface area contributed by atoms with Gasteiger partial charge in [0.15, 0.2) is 0 Å². The molecule has 0 aliphatic rings. The van der Waals surface area contributed by atoms with E-state index < -0.39 is 13.4 Å². The van der Waals surface area contributed by atoms with Gasteiger partial charge in [0.05, 0.1) is 21.7 Å². The van der Waals surface area contributed by atoms with E-state index in [1.807, 2.05) is 0 Å². The largest absolute Gasteiger partial charge is 0.477 e. The standard InChI is InChI=1S/C6H7BrN2O/c1-2-10-6-4-8-3-5(7)9-6/h3-4H,2H2,1H3/i1D3,2D2. The van der Waals surface area contributed by atoms with E-state index in [0.717, 1.165) is 6.20 Å².